The quantitative estimate of drug-likeness (QED) is 0.663. The third kappa shape index (κ3) is 5.58. The Morgan fingerprint density at radius 2 is 1.78 bits per heavy atom. The van der Waals surface area contributed by atoms with Crippen molar-refractivity contribution in [2.75, 3.05) is 6.54 Å². The summed E-state index contributed by atoms with van der Waals surface area (Å²) in [5.41, 5.74) is 2.94. The molecule has 1 amide bonds. The number of carbonyl (C=O) groups is 1. The number of hydrogen-bond acceptors (Lipinski definition) is 5. The monoisotopic (exact) mass is 432 g/mol. The molecule has 1 N–H and O–H groups in total. The van der Waals surface area contributed by atoms with Crippen LogP contribution in [-0.4, -0.2) is 31.0 Å². The molecular formula is C25H29BN2O4. The largest absolute Gasteiger partial charge is 0.492 e. The molecule has 3 rings (SSSR count). The van der Waals surface area contributed by atoms with Crippen LogP contribution < -0.4 is 5.32 Å². The molecule has 1 heterocycles. The lowest BCUT2D eigenvalue weighted by atomic mass is 9.77. The predicted octanol–water partition coefficient (Wildman–Crippen LogP) is 4.81. The summed E-state index contributed by atoms with van der Waals surface area (Å²) in [6.07, 6.45) is 1.36. The highest BCUT2D eigenvalue weighted by Crippen LogP contribution is 2.38. The Hall–Kier alpha value is -3.08. The Balaban J connectivity index is 1.77. The Labute approximate surface area is 190 Å². The molecule has 0 aliphatic carbocycles. The van der Waals surface area contributed by atoms with Gasteiger partial charge in [-0.2, -0.15) is 5.26 Å². The van der Waals surface area contributed by atoms with Crippen LogP contribution in [0.5, 0.6) is 0 Å². The summed E-state index contributed by atoms with van der Waals surface area (Å²) >= 11 is 0. The molecule has 1 aliphatic heterocycles. The van der Waals surface area contributed by atoms with Gasteiger partial charge in [0, 0.05) is 6.54 Å². The second kappa shape index (κ2) is 9.60. The van der Waals surface area contributed by atoms with E-state index in [9.17, 15) is 10.1 Å². The summed E-state index contributed by atoms with van der Waals surface area (Å²) < 4.78 is 17.7. The molecule has 2 aromatic rings. The van der Waals surface area contributed by atoms with E-state index in [1.54, 1.807) is 0 Å². The van der Waals surface area contributed by atoms with Gasteiger partial charge in [-0.05, 0) is 62.8 Å². The van der Waals surface area contributed by atoms with Crippen molar-refractivity contribution in [2.24, 2.45) is 0 Å². The summed E-state index contributed by atoms with van der Waals surface area (Å²) in [6.45, 7) is 10.2. The van der Waals surface area contributed by atoms with Crippen LogP contribution in [0.2, 0.25) is 0 Å². The maximum atomic E-state index is 12.3. The van der Waals surface area contributed by atoms with Crippen LogP contribution in [-0.2, 0) is 20.7 Å². The minimum atomic E-state index is -0.638. The molecule has 1 fully saturated rings. The van der Waals surface area contributed by atoms with Crippen molar-refractivity contribution >= 4 is 19.3 Å². The van der Waals surface area contributed by atoms with E-state index in [-0.39, 0.29) is 13.2 Å². The van der Waals surface area contributed by atoms with E-state index in [0.717, 1.165) is 22.2 Å². The molecular weight excluding hydrogens is 403 g/mol. The normalized spacial score (nSPS) is 17.0. The number of amides is 1. The van der Waals surface area contributed by atoms with E-state index >= 15 is 0 Å². The minimum Gasteiger partial charge on any atom is -0.445 e. The number of rotatable bonds is 6. The van der Waals surface area contributed by atoms with Gasteiger partial charge < -0.3 is 19.4 Å². The number of carbonyl (C=O) groups excluding carboxylic acids is 1. The number of ether oxygens (including phenoxy) is 1. The SMILES string of the molecule is Cc1ccc(C=C(CNC(=O)OCc2ccccc2)B2OC(C)(C)C(C)(C)O2)cc1C#N. The zero-order chi connectivity index (χ0) is 23.4. The molecule has 0 spiro atoms. The number of alkyl carbamates (subject to hydrolysis) is 1. The summed E-state index contributed by atoms with van der Waals surface area (Å²) in [7, 11) is -0.638. The molecule has 0 atom stereocenters. The molecule has 0 aromatic heterocycles. The average molecular weight is 432 g/mol. The smallest absolute Gasteiger partial charge is 0.445 e. The highest BCUT2D eigenvalue weighted by atomic mass is 16.7. The average Bonchev–Trinajstić information content (AvgIpc) is 2.98. The predicted molar refractivity (Wildman–Crippen MR) is 125 cm³/mol. The van der Waals surface area contributed by atoms with Gasteiger partial charge in [0.05, 0.1) is 22.8 Å². The third-order valence-corrected chi connectivity index (χ3v) is 5.94. The molecule has 6 nitrogen and oxygen atoms in total. The van der Waals surface area contributed by atoms with Gasteiger partial charge in [-0.15, -0.1) is 0 Å². The molecule has 1 saturated heterocycles. The number of benzene rings is 2. The fourth-order valence-electron chi connectivity index (χ4n) is 3.21. The first-order chi connectivity index (χ1) is 15.1. The molecule has 1 aliphatic rings. The first-order valence-electron chi connectivity index (χ1n) is 10.6. The number of nitrogens with one attached hydrogen (secondary N) is 1. The van der Waals surface area contributed by atoms with Gasteiger partial charge in [0.25, 0.3) is 0 Å². The summed E-state index contributed by atoms with van der Waals surface area (Å²) in [5, 5.41) is 12.2. The Bertz CT molecular complexity index is 1030. The van der Waals surface area contributed by atoms with Crippen LogP contribution in [0.1, 0.15) is 49.9 Å². The van der Waals surface area contributed by atoms with Gasteiger partial charge in [0.1, 0.15) is 6.61 Å². The van der Waals surface area contributed by atoms with Crippen LogP contribution >= 0.6 is 0 Å². The number of nitriles is 1. The maximum Gasteiger partial charge on any atom is 0.492 e. The maximum absolute atomic E-state index is 12.3. The highest BCUT2D eigenvalue weighted by Gasteiger charge is 2.52. The molecule has 0 saturated carbocycles. The van der Waals surface area contributed by atoms with E-state index in [0.29, 0.717) is 5.56 Å². The van der Waals surface area contributed by atoms with E-state index in [4.69, 9.17) is 14.0 Å². The van der Waals surface area contributed by atoms with E-state index in [2.05, 4.69) is 11.4 Å². The first kappa shape index (κ1) is 23.6. The fourth-order valence-corrected chi connectivity index (χ4v) is 3.21. The zero-order valence-corrected chi connectivity index (χ0v) is 19.3. The van der Waals surface area contributed by atoms with Crippen LogP contribution in [0.3, 0.4) is 0 Å². The standard InChI is InChI=1S/C25H29BN2O4/c1-18-11-12-20(13-21(18)15-27)14-22(26-31-24(2,3)25(4,5)32-26)16-28-23(29)30-17-19-9-7-6-8-10-19/h6-14H,16-17H2,1-5H3,(H,28,29). The van der Waals surface area contributed by atoms with E-state index < -0.39 is 24.4 Å². The second-order valence-corrected chi connectivity index (χ2v) is 8.91. The lowest BCUT2D eigenvalue weighted by Gasteiger charge is -2.32. The van der Waals surface area contributed by atoms with Crippen molar-refractivity contribution in [1.29, 1.82) is 5.26 Å². The van der Waals surface area contributed by atoms with Crippen molar-refractivity contribution in [3.63, 3.8) is 0 Å². The lowest BCUT2D eigenvalue weighted by molar-refractivity contribution is 0.00578. The van der Waals surface area contributed by atoms with E-state index in [1.165, 1.54) is 0 Å². The van der Waals surface area contributed by atoms with Crippen LogP contribution in [0, 0.1) is 18.3 Å². The summed E-state index contributed by atoms with van der Waals surface area (Å²) in [4.78, 5) is 12.3. The molecule has 0 radical (unpaired) electrons. The van der Waals surface area contributed by atoms with Gasteiger partial charge in [0.2, 0.25) is 0 Å². The van der Waals surface area contributed by atoms with E-state index in [1.807, 2.05) is 89.2 Å². The van der Waals surface area contributed by atoms with Gasteiger partial charge in [-0.1, -0.05) is 48.5 Å². The number of aryl methyl sites for hydroxylation is 1. The van der Waals surface area contributed by atoms with Crippen molar-refractivity contribution in [2.45, 2.75) is 52.4 Å². The number of nitrogens with zero attached hydrogens (tertiary/aromatic N) is 1. The van der Waals surface area contributed by atoms with Gasteiger partial charge in [-0.25, -0.2) is 4.79 Å². The first-order valence-corrected chi connectivity index (χ1v) is 10.6. The van der Waals surface area contributed by atoms with Gasteiger partial charge in [-0.3, -0.25) is 0 Å². The van der Waals surface area contributed by atoms with Crippen molar-refractivity contribution in [3.8, 4) is 6.07 Å². The second-order valence-electron chi connectivity index (χ2n) is 8.91. The zero-order valence-electron chi connectivity index (χ0n) is 19.3. The summed E-state index contributed by atoms with van der Waals surface area (Å²) in [5.74, 6) is 0. The van der Waals surface area contributed by atoms with Gasteiger partial charge >= 0.3 is 13.2 Å². The lowest BCUT2D eigenvalue weighted by Crippen LogP contribution is -2.41. The van der Waals surface area contributed by atoms with Crippen molar-refractivity contribution in [3.05, 3.63) is 76.3 Å². The third-order valence-electron chi connectivity index (χ3n) is 5.94. The minimum absolute atomic E-state index is 0.181. The molecule has 7 heteroatoms. The topological polar surface area (TPSA) is 80.6 Å². The van der Waals surface area contributed by atoms with Gasteiger partial charge in [0.15, 0.2) is 0 Å². The van der Waals surface area contributed by atoms with Crippen molar-refractivity contribution < 1.29 is 18.8 Å². The number of hydrogen-bond donors (Lipinski definition) is 1. The summed E-state index contributed by atoms with van der Waals surface area (Å²) in [6, 6.07) is 17.3. The molecule has 0 bridgehead atoms. The Kier molecular flexibility index (Phi) is 7.07. The van der Waals surface area contributed by atoms with Crippen LogP contribution in [0.15, 0.2) is 54.0 Å². The fraction of sp³-hybridized carbons (Fsp3) is 0.360. The molecule has 2 aromatic carbocycles. The Morgan fingerprint density at radius 1 is 1.12 bits per heavy atom. The molecule has 32 heavy (non-hydrogen) atoms. The van der Waals surface area contributed by atoms with Crippen LogP contribution in [0.4, 0.5) is 4.79 Å². The highest BCUT2D eigenvalue weighted by molar-refractivity contribution is 6.56. The van der Waals surface area contributed by atoms with Crippen LogP contribution in [0.25, 0.3) is 6.08 Å². The Morgan fingerprint density at radius 3 is 2.41 bits per heavy atom. The molecule has 0 unspecified atom stereocenters. The molecule has 166 valence electrons. The van der Waals surface area contributed by atoms with Crippen molar-refractivity contribution in [1.82, 2.24) is 5.32 Å².